The maximum atomic E-state index is 14.3. The molecule has 3 aliphatic rings. The Hall–Kier alpha value is -3.51. The summed E-state index contributed by atoms with van der Waals surface area (Å²) in [6.07, 6.45) is 6.49. The second-order valence-corrected chi connectivity index (χ2v) is 17.0. The number of Topliss-reactive ketones (excluding diaryl/α,β-unsaturated/α-hetero) is 2. The van der Waals surface area contributed by atoms with Crippen molar-refractivity contribution in [2.45, 2.75) is 142 Å². The number of hydrogen-bond acceptors (Lipinski definition) is 9. The van der Waals surface area contributed by atoms with Crippen molar-refractivity contribution < 1.29 is 23.9 Å². The third-order valence-corrected chi connectivity index (χ3v) is 13.4. The van der Waals surface area contributed by atoms with Crippen molar-refractivity contribution in [3.05, 3.63) is 41.7 Å². The van der Waals surface area contributed by atoms with Gasteiger partial charge in [0.05, 0.1) is 24.6 Å². The highest BCUT2D eigenvalue weighted by Gasteiger charge is 2.45. The van der Waals surface area contributed by atoms with Gasteiger partial charge in [-0.3, -0.25) is 19.2 Å². The predicted molar refractivity (Wildman–Crippen MR) is 207 cm³/mol. The monoisotopic (exact) mass is 748 g/mol. The summed E-state index contributed by atoms with van der Waals surface area (Å²) in [7, 11) is 3.44. The third kappa shape index (κ3) is 9.64. The van der Waals surface area contributed by atoms with Crippen LogP contribution in [0.5, 0.6) is 0 Å². The van der Waals surface area contributed by atoms with E-state index in [1.807, 2.05) is 63.1 Å². The van der Waals surface area contributed by atoms with E-state index in [4.69, 9.17) is 4.74 Å². The Morgan fingerprint density at radius 2 is 1.74 bits per heavy atom. The summed E-state index contributed by atoms with van der Waals surface area (Å²) < 4.78 is 6.09. The SMILES string of the molecule is CC[C@H](C)[C@@H]([C@@H](CC(=O)N1CCC[C@H]1[C@H](C)[C@@H](C)C(=O)C[C@@H](Cc1ccccc1)c1nn[nH]n1)OC)N(C)C(=O)[C@@H](CC(=O)[C@H]1N[C@@H]2CC[C@H]1C2)C(C)C. The van der Waals surface area contributed by atoms with Gasteiger partial charge in [-0.15, -0.1) is 10.2 Å². The summed E-state index contributed by atoms with van der Waals surface area (Å²) in [4.78, 5) is 59.7. The standard InChI is InChI=1S/C42H65N7O5/c1-9-26(4)40(48(7)42(53)33(25(2)3)23-36(51)39-30-17-18-32(21-30)43-39)37(54-8)24-38(52)49-19-13-16-34(49)27(5)28(6)35(50)22-31(41-44-46-47-45-41)20-29-14-11-10-12-15-29/h10-12,14-15,25-28,30-34,37,39-40,43H,9,13,16-24H2,1-8H3,(H,44,45,46,47)/t26-,27+,28+,30-,31+,32+,33-,34-,37+,39-,40-/m0/s1. The predicted octanol–water partition coefficient (Wildman–Crippen LogP) is 5.40. The number of carbonyl (C=O) groups is 4. The van der Waals surface area contributed by atoms with Crippen molar-refractivity contribution in [2.75, 3.05) is 20.7 Å². The van der Waals surface area contributed by atoms with Gasteiger partial charge in [0.1, 0.15) is 5.78 Å². The molecule has 3 heterocycles. The number of nitrogens with zero attached hydrogens (tertiary/aromatic N) is 5. The van der Waals surface area contributed by atoms with E-state index in [0.717, 1.165) is 44.1 Å². The molecule has 2 aromatic rings. The van der Waals surface area contributed by atoms with E-state index in [0.29, 0.717) is 30.7 Å². The molecule has 0 spiro atoms. The summed E-state index contributed by atoms with van der Waals surface area (Å²) in [5.74, 6) is 0.134. The molecule has 298 valence electrons. The van der Waals surface area contributed by atoms with Gasteiger partial charge in [-0.1, -0.05) is 83.5 Å². The fraction of sp³-hybridized carbons (Fsp3) is 0.738. The van der Waals surface area contributed by atoms with Gasteiger partial charge in [0.2, 0.25) is 11.8 Å². The van der Waals surface area contributed by atoms with Crippen LogP contribution in [0.4, 0.5) is 0 Å². The normalized spacial score (nSPS) is 24.9. The third-order valence-electron chi connectivity index (χ3n) is 13.4. The van der Waals surface area contributed by atoms with Crippen molar-refractivity contribution in [1.29, 1.82) is 0 Å². The lowest BCUT2D eigenvalue weighted by Crippen LogP contribution is -2.53. The minimum absolute atomic E-state index is 0.0138. The van der Waals surface area contributed by atoms with E-state index in [-0.39, 0.29) is 90.4 Å². The zero-order chi connectivity index (χ0) is 39.1. The Bertz CT molecular complexity index is 1540. The molecule has 12 heteroatoms. The molecule has 2 saturated heterocycles. The van der Waals surface area contributed by atoms with Crippen LogP contribution in [0.15, 0.2) is 30.3 Å². The number of aromatic nitrogens is 4. The van der Waals surface area contributed by atoms with Crippen LogP contribution in [0.2, 0.25) is 0 Å². The Kier molecular flexibility index (Phi) is 14.6. The minimum atomic E-state index is -0.526. The van der Waals surface area contributed by atoms with E-state index in [1.165, 1.54) is 0 Å². The molecule has 2 bridgehead atoms. The van der Waals surface area contributed by atoms with Crippen LogP contribution in [0.1, 0.15) is 117 Å². The zero-order valence-electron chi connectivity index (χ0n) is 33.9. The number of rotatable bonds is 20. The van der Waals surface area contributed by atoms with Crippen LogP contribution in [0.3, 0.4) is 0 Å². The number of likely N-dealkylation sites (tertiary alicyclic amines) is 1. The summed E-state index contributed by atoms with van der Waals surface area (Å²) in [5.41, 5.74) is 1.10. The van der Waals surface area contributed by atoms with Crippen molar-refractivity contribution in [2.24, 2.45) is 35.5 Å². The van der Waals surface area contributed by atoms with E-state index < -0.39 is 12.0 Å². The summed E-state index contributed by atoms with van der Waals surface area (Å²) in [5, 5.41) is 18.2. The van der Waals surface area contributed by atoms with Crippen molar-refractivity contribution in [3.8, 4) is 0 Å². The molecular weight excluding hydrogens is 683 g/mol. The summed E-state index contributed by atoms with van der Waals surface area (Å²) in [6.45, 7) is 12.9. The van der Waals surface area contributed by atoms with E-state index in [9.17, 15) is 19.2 Å². The Balaban J connectivity index is 1.24. The lowest BCUT2D eigenvalue weighted by molar-refractivity contribution is -0.148. The van der Waals surface area contributed by atoms with Gasteiger partial charge in [0, 0.05) is 63.4 Å². The molecule has 5 rings (SSSR count). The van der Waals surface area contributed by atoms with Crippen molar-refractivity contribution in [3.63, 3.8) is 0 Å². The number of tetrazole rings is 1. The molecule has 11 atom stereocenters. The number of fused-ring (bicyclic) bond motifs is 2. The van der Waals surface area contributed by atoms with Crippen molar-refractivity contribution in [1.82, 2.24) is 35.7 Å². The lowest BCUT2D eigenvalue weighted by atomic mass is 9.81. The van der Waals surface area contributed by atoms with Crippen LogP contribution >= 0.6 is 0 Å². The number of amides is 2. The number of piperidine rings is 1. The average molecular weight is 748 g/mol. The highest BCUT2D eigenvalue weighted by Crippen LogP contribution is 2.37. The second kappa shape index (κ2) is 18.9. The number of likely N-dealkylation sites (N-methyl/N-ethyl adjacent to an activating group) is 1. The molecular formula is C42H65N7O5. The number of benzene rings is 1. The first-order valence-electron chi connectivity index (χ1n) is 20.5. The number of aromatic amines is 1. The Labute approximate surface area is 322 Å². The first-order valence-corrected chi connectivity index (χ1v) is 20.5. The fourth-order valence-electron chi connectivity index (χ4n) is 9.65. The van der Waals surface area contributed by atoms with Crippen LogP contribution < -0.4 is 5.32 Å². The van der Waals surface area contributed by atoms with E-state index in [2.05, 4.69) is 46.7 Å². The van der Waals surface area contributed by atoms with Crippen LogP contribution in [-0.4, -0.2) is 105 Å². The fourth-order valence-corrected chi connectivity index (χ4v) is 9.65. The quantitative estimate of drug-likeness (QED) is 0.182. The average Bonchev–Trinajstić information content (AvgIpc) is 4.02. The number of carbonyl (C=O) groups excluding carboxylic acids is 4. The van der Waals surface area contributed by atoms with Gasteiger partial charge in [-0.25, -0.2) is 0 Å². The first-order chi connectivity index (χ1) is 25.8. The van der Waals surface area contributed by atoms with Crippen LogP contribution in [0, 0.1) is 35.5 Å². The molecule has 3 fully saturated rings. The van der Waals surface area contributed by atoms with Gasteiger partial charge < -0.3 is 19.9 Å². The number of ether oxygens (including phenoxy) is 1. The Morgan fingerprint density at radius 1 is 1.00 bits per heavy atom. The van der Waals surface area contributed by atoms with Crippen LogP contribution in [0.25, 0.3) is 0 Å². The topological polar surface area (TPSA) is 150 Å². The number of H-pyrrole nitrogens is 1. The molecule has 12 nitrogen and oxygen atoms in total. The molecule has 1 aromatic heterocycles. The summed E-state index contributed by atoms with van der Waals surface area (Å²) in [6, 6.07) is 9.88. The van der Waals surface area contributed by atoms with Gasteiger partial charge in [0.15, 0.2) is 11.6 Å². The van der Waals surface area contributed by atoms with Crippen LogP contribution in [-0.2, 0) is 30.3 Å². The Morgan fingerprint density at radius 3 is 2.33 bits per heavy atom. The molecule has 1 aliphatic carbocycles. The highest BCUT2D eigenvalue weighted by atomic mass is 16.5. The summed E-state index contributed by atoms with van der Waals surface area (Å²) >= 11 is 0. The molecule has 2 N–H and O–H groups in total. The maximum absolute atomic E-state index is 14.3. The zero-order valence-corrected chi connectivity index (χ0v) is 33.9. The smallest absolute Gasteiger partial charge is 0.226 e. The van der Waals surface area contributed by atoms with Crippen molar-refractivity contribution >= 4 is 23.4 Å². The van der Waals surface area contributed by atoms with E-state index in [1.54, 1.807) is 12.0 Å². The highest BCUT2D eigenvalue weighted by molar-refractivity contribution is 5.90. The number of hydrogen-bond donors (Lipinski definition) is 2. The maximum Gasteiger partial charge on any atom is 0.226 e. The molecule has 1 saturated carbocycles. The molecule has 2 aliphatic heterocycles. The van der Waals surface area contributed by atoms with Gasteiger partial charge in [-0.2, -0.15) is 5.21 Å². The largest absolute Gasteiger partial charge is 0.379 e. The molecule has 1 aromatic carbocycles. The van der Waals surface area contributed by atoms with E-state index >= 15 is 0 Å². The lowest BCUT2D eigenvalue weighted by Gasteiger charge is -2.41. The second-order valence-electron chi connectivity index (χ2n) is 17.0. The van der Waals surface area contributed by atoms with Gasteiger partial charge in [-0.05, 0) is 67.8 Å². The van der Waals surface area contributed by atoms with Gasteiger partial charge >= 0.3 is 0 Å². The molecule has 0 unspecified atom stereocenters. The number of ketones is 2. The number of nitrogens with one attached hydrogen (secondary N) is 2. The first kappa shape index (κ1) is 41.6. The molecule has 54 heavy (non-hydrogen) atoms. The molecule has 0 radical (unpaired) electrons. The van der Waals surface area contributed by atoms with Gasteiger partial charge in [0.25, 0.3) is 0 Å². The minimum Gasteiger partial charge on any atom is -0.379 e. The molecule has 2 amide bonds. The number of methoxy groups -OCH3 is 1.